The highest BCUT2D eigenvalue weighted by Crippen LogP contribution is 2.29. The Labute approximate surface area is 60.9 Å². The molecule has 0 unspecified atom stereocenters. The maximum atomic E-state index is 10.9. The van der Waals surface area contributed by atoms with Crippen molar-refractivity contribution in [3.8, 4) is 0 Å². The summed E-state index contributed by atoms with van der Waals surface area (Å²) in [5.41, 5.74) is 0. The predicted octanol–water partition coefficient (Wildman–Crippen LogP) is 2.62. The Morgan fingerprint density at radius 3 is 1.18 bits per heavy atom. The first-order valence-electron chi connectivity index (χ1n) is 1.88. The molecule has 2 nitrogen and oxygen atoms in total. The SMILES string of the molecule is FC(F)(F)OSOC(F)(F)F. The first kappa shape index (κ1) is 10.8. The molecule has 0 aliphatic heterocycles. The molecule has 0 amide bonds. The zero-order valence-corrected chi connectivity index (χ0v) is 5.31. The van der Waals surface area contributed by atoms with Crippen molar-refractivity contribution in [3.05, 3.63) is 0 Å². The van der Waals surface area contributed by atoms with Crippen LogP contribution in [0.2, 0.25) is 0 Å². The van der Waals surface area contributed by atoms with Crippen molar-refractivity contribution in [1.82, 2.24) is 0 Å². The van der Waals surface area contributed by atoms with E-state index >= 15 is 0 Å². The van der Waals surface area contributed by atoms with Crippen LogP contribution < -0.4 is 0 Å². The van der Waals surface area contributed by atoms with Crippen molar-refractivity contribution in [3.63, 3.8) is 0 Å². The molecule has 0 spiro atoms. The minimum atomic E-state index is -5.14. The normalized spacial score (nSPS) is 13.6. The summed E-state index contributed by atoms with van der Waals surface area (Å²) < 4.78 is 70.8. The molecule has 11 heavy (non-hydrogen) atoms. The lowest BCUT2D eigenvalue weighted by atomic mass is 11.4. The molecule has 0 fully saturated rings. The third kappa shape index (κ3) is 9.85. The standard InChI is InChI=1S/C2F6O2S/c3-1(4,5)9-11-10-2(6,7)8. The monoisotopic (exact) mass is 202 g/mol. The Kier molecular flexibility index (Phi) is 3.45. The summed E-state index contributed by atoms with van der Waals surface area (Å²) in [4.78, 5) is 0. The van der Waals surface area contributed by atoms with Crippen LogP contribution in [0.5, 0.6) is 0 Å². The topological polar surface area (TPSA) is 18.5 Å². The molecule has 0 aromatic heterocycles. The molecule has 0 saturated carbocycles. The summed E-state index contributed by atoms with van der Waals surface area (Å²) in [5, 5.41) is 0. The molecule has 0 aliphatic carbocycles. The molecule has 0 aliphatic rings. The van der Waals surface area contributed by atoms with Gasteiger partial charge in [0.05, 0.1) is 0 Å². The fourth-order valence-electron chi connectivity index (χ4n) is 0.0942. The molecule has 9 heteroatoms. The van der Waals surface area contributed by atoms with Crippen LogP contribution in [0.3, 0.4) is 0 Å². The Balaban J connectivity index is 3.44. The van der Waals surface area contributed by atoms with Gasteiger partial charge < -0.3 is 0 Å². The third-order valence-electron chi connectivity index (χ3n) is 0.257. The fourth-order valence-corrected chi connectivity index (χ4v) is 0.282. The molecule has 0 saturated heterocycles. The van der Waals surface area contributed by atoms with E-state index in [0.29, 0.717) is 0 Å². The highest BCUT2D eigenvalue weighted by Gasteiger charge is 2.36. The average molecular weight is 202 g/mol. The lowest BCUT2D eigenvalue weighted by molar-refractivity contribution is -0.292. The molecule has 0 atom stereocenters. The Bertz CT molecular complexity index is 103. The highest BCUT2D eigenvalue weighted by molar-refractivity contribution is 7.89. The van der Waals surface area contributed by atoms with Gasteiger partial charge in [-0.3, -0.25) is 0 Å². The van der Waals surface area contributed by atoms with Gasteiger partial charge in [0.15, 0.2) is 12.3 Å². The second-order valence-corrected chi connectivity index (χ2v) is 1.60. The summed E-state index contributed by atoms with van der Waals surface area (Å²) in [6, 6.07) is 0. The predicted molar refractivity (Wildman–Crippen MR) is 21.9 cm³/mol. The van der Waals surface area contributed by atoms with E-state index in [-0.39, 0.29) is 0 Å². The van der Waals surface area contributed by atoms with Crippen LogP contribution in [0.25, 0.3) is 0 Å². The Morgan fingerprint density at radius 1 is 0.727 bits per heavy atom. The smallest absolute Gasteiger partial charge is 0.193 e. The highest BCUT2D eigenvalue weighted by atomic mass is 32.2. The van der Waals surface area contributed by atoms with Gasteiger partial charge in [-0.15, -0.1) is 26.3 Å². The van der Waals surface area contributed by atoms with Crippen LogP contribution in [0.15, 0.2) is 0 Å². The summed E-state index contributed by atoms with van der Waals surface area (Å²) in [7, 11) is 0. The van der Waals surface area contributed by atoms with Crippen LogP contribution in [-0.4, -0.2) is 12.7 Å². The lowest BCUT2D eigenvalue weighted by Gasteiger charge is -2.06. The number of rotatable bonds is 2. The van der Waals surface area contributed by atoms with Gasteiger partial charge in [-0.1, -0.05) is 0 Å². The quantitative estimate of drug-likeness (QED) is 0.506. The van der Waals surface area contributed by atoms with Gasteiger partial charge in [-0.05, 0) is 0 Å². The molecule has 0 N–H and O–H groups in total. The molecule has 0 heterocycles. The van der Waals surface area contributed by atoms with Gasteiger partial charge in [-0.25, -0.2) is 0 Å². The molecular weight excluding hydrogens is 202 g/mol. The number of alkyl halides is 6. The van der Waals surface area contributed by atoms with Crippen LogP contribution in [0.1, 0.15) is 0 Å². The van der Waals surface area contributed by atoms with Gasteiger partial charge in [-0.2, -0.15) is 8.37 Å². The lowest BCUT2D eigenvalue weighted by Crippen LogP contribution is -2.13. The number of halogens is 6. The van der Waals surface area contributed by atoms with Crippen molar-refractivity contribution in [1.29, 1.82) is 0 Å². The molecule has 0 rings (SSSR count). The van der Waals surface area contributed by atoms with E-state index in [2.05, 4.69) is 8.37 Å². The number of hydrogen-bond acceptors (Lipinski definition) is 3. The first-order valence-corrected chi connectivity index (χ1v) is 2.54. The summed E-state index contributed by atoms with van der Waals surface area (Å²) in [6.07, 6.45) is -10.3. The summed E-state index contributed by atoms with van der Waals surface area (Å²) >= 11 is -1.18. The second-order valence-electron chi connectivity index (χ2n) is 1.13. The molecule has 68 valence electrons. The molecule has 0 bridgehead atoms. The van der Waals surface area contributed by atoms with Gasteiger partial charge in [0.2, 0.25) is 0 Å². The second kappa shape index (κ2) is 3.50. The van der Waals surface area contributed by atoms with Gasteiger partial charge >= 0.3 is 12.7 Å². The van der Waals surface area contributed by atoms with E-state index in [1.807, 2.05) is 0 Å². The van der Waals surface area contributed by atoms with Crippen molar-refractivity contribution < 1.29 is 34.7 Å². The maximum Gasteiger partial charge on any atom is 0.535 e. The molecule has 0 aromatic rings. The van der Waals surface area contributed by atoms with Gasteiger partial charge in [0.1, 0.15) is 0 Å². The van der Waals surface area contributed by atoms with E-state index in [9.17, 15) is 26.3 Å². The van der Waals surface area contributed by atoms with Gasteiger partial charge in [0, 0.05) is 0 Å². The third-order valence-corrected chi connectivity index (χ3v) is 0.771. The average Bonchev–Trinajstić information content (AvgIpc) is 1.55. The minimum Gasteiger partial charge on any atom is -0.193 e. The summed E-state index contributed by atoms with van der Waals surface area (Å²) in [5.74, 6) is 0. The Hall–Kier alpha value is -0.150. The molecule has 0 aromatic carbocycles. The molecular formula is C2F6O2S. The van der Waals surface area contributed by atoms with Crippen LogP contribution in [0.4, 0.5) is 26.3 Å². The maximum absolute atomic E-state index is 10.9. The van der Waals surface area contributed by atoms with Crippen LogP contribution in [-0.2, 0) is 8.37 Å². The van der Waals surface area contributed by atoms with Crippen LogP contribution in [0, 0.1) is 0 Å². The zero-order chi connectivity index (χ0) is 9.12. The first-order chi connectivity index (χ1) is 4.71. The van der Waals surface area contributed by atoms with E-state index in [1.165, 1.54) is 0 Å². The largest absolute Gasteiger partial charge is 0.535 e. The van der Waals surface area contributed by atoms with E-state index in [1.54, 1.807) is 0 Å². The number of hydrogen-bond donors (Lipinski definition) is 0. The summed E-state index contributed by atoms with van der Waals surface area (Å²) in [6.45, 7) is 0. The van der Waals surface area contributed by atoms with Crippen molar-refractivity contribution >= 4 is 12.3 Å². The van der Waals surface area contributed by atoms with E-state index in [4.69, 9.17) is 0 Å². The van der Waals surface area contributed by atoms with Gasteiger partial charge in [0.25, 0.3) is 0 Å². The molecule has 0 radical (unpaired) electrons. The van der Waals surface area contributed by atoms with Crippen molar-refractivity contribution in [2.45, 2.75) is 12.7 Å². The zero-order valence-electron chi connectivity index (χ0n) is 4.49. The van der Waals surface area contributed by atoms with Crippen molar-refractivity contribution in [2.75, 3.05) is 0 Å². The minimum absolute atomic E-state index is 1.18. The fraction of sp³-hybridized carbons (Fsp3) is 1.00. The van der Waals surface area contributed by atoms with E-state index in [0.717, 1.165) is 0 Å². The Morgan fingerprint density at radius 2 is 1.00 bits per heavy atom. The van der Waals surface area contributed by atoms with Crippen LogP contribution >= 0.6 is 12.3 Å². The van der Waals surface area contributed by atoms with Crippen molar-refractivity contribution in [2.24, 2.45) is 0 Å². The van der Waals surface area contributed by atoms with E-state index < -0.39 is 25.0 Å².